The topological polar surface area (TPSA) is 94.6 Å². The van der Waals surface area contributed by atoms with Crippen molar-refractivity contribution in [3.8, 4) is 28.6 Å². The Labute approximate surface area is 233 Å². The largest absolute Gasteiger partial charge is 0.497 e. The quantitative estimate of drug-likeness (QED) is 0.390. The number of hydrogen-bond acceptors (Lipinski definition) is 6. The van der Waals surface area contributed by atoms with E-state index >= 15 is 0 Å². The number of aliphatic hydroxyl groups is 1. The van der Waals surface area contributed by atoms with Crippen molar-refractivity contribution in [1.29, 1.82) is 5.26 Å². The summed E-state index contributed by atoms with van der Waals surface area (Å²) in [6.45, 7) is 3.11. The molecule has 1 aromatic heterocycles. The second-order valence-electron chi connectivity index (χ2n) is 10.3. The molecule has 3 heterocycles. The van der Waals surface area contributed by atoms with Gasteiger partial charge in [0.05, 0.1) is 18.9 Å². The molecule has 40 heavy (non-hydrogen) atoms. The van der Waals surface area contributed by atoms with Crippen molar-refractivity contribution in [3.05, 3.63) is 95.3 Å². The van der Waals surface area contributed by atoms with Gasteiger partial charge in [-0.05, 0) is 72.4 Å². The highest BCUT2D eigenvalue weighted by Crippen LogP contribution is 2.32. The van der Waals surface area contributed by atoms with Crippen LogP contribution in [0.4, 0.5) is 5.69 Å². The smallest absolute Gasteiger partial charge is 0.277 e. The number of likely N-dealkylation sites (tertiary alicyclic amines) is 1. The van der Waals surface area contributed by atoms with E-state index in [1.807, 2.05) is 36.4 Å². The summed E-state index contributed by atoms with van der Waals surface area (Å²) >= 11 is 0. The average molecular weight is 534 g/mol. The summed E-state index contributed by atoms with van der Waals surface area (Å²) in [5, 5.41) is 24.0. The van der Waals surface area contributed by atoms with Crippen LogP contribution in [0.1, 0.15) is 40.2 Å². The number of aliphatic hydroxyl groups excluding tert-OH is 1. The van der Waals surface area contributed by atoms with Crippen LogP contribution in [0.25, 0.3) is 16.8 Å². The van der Waals surface area contributed by atoms with Crippen LogP contribution in [0.15, 0.2) is 72.8 Å². The molecule has 0 bridgehead atoms. The van der Waals surface area contributed by atoms with Gasteiger partial charge in [0, 0.05) is 37.4 Å². The molecule has 6 rings (SSSR count). The summed E-state index contributed by atoms with van der Waals surface area (Å²) in [7, 11) is 1.60. The van der Waals surface area contributed by atoms with Crippen LogP contribution in [0.2, 0.25) is 0 Å². The average Bonchev–Trinajstić information content (AvgIpc) is 3.39. The first-order chi connectivity index (χ1) is 19.6. The molecule has 2 aliphatic rings. The number of anilines is 1. The molecular weight excluding hydrogens is 502 g/mol. The van der Waals surface area contributed by atoms with Gasteiger partial charge < -0.3 is 14.7 Å². The predicted octanol–water partition coefficient (Wildman–Crippen LogP) is 4.58. The number of benzene rings is 3. The molecule has 0 unspecified atom stereocenters. The Kier molecular flexibility index (Phi) is 7.08. The Balaban J connectivity index is 1.27. The summed E-state index contributed by atoms with van der Waals surface area (Å²) in [6, 6.07) is 26.0. The molecule has 1 saturated heterocycles. The molecule has 0 atom stereocenters. The van der Waals surface area contributed by atoms with Crippen molar-refractivity contribution in [2.45, 2.75) is 31.9 Å². The van der Waals surface area contributed by atoms with Crippen molar-refractivity contribution in [2.24, 2.45) is 0 Å². The van der Waals surface area contributed by atoms with Gasteiger partial charge in [-0.1, -0.05) is 36.4 Å². The van der Waals surface area contributed by atoms with Crippen molar-refractivity contribution >= 4 is 11.6 Å². The summed E-state index contributed by atoms with van der Waals surface area (Å²) in [6.07, 6.45) is 1.99. The van der Waals surface area contributed by atoms with Gasteiger partial charge in [0.2, 0.25) is 0 Å². The Morgan fingerprint density at radius 1 is 0.975 bits per heavy atom. The number of rotatable bonds is 6. The van der Waals surface area contributed by atoms with E-state index < -0.39 is 0 Å². The van der Waals surface area contributed by atoms with Crippen LogP contribution in [-0.2, 0) is 13.0 Å². The number of nitrogens with zero attached hydrogens (tertiary/aromatic N) is 5. The number of piperidine rings is 1. The fourth-order valence-corrected chi connectivity index (χ4v) is 5.69. The highest BCUT2D eigenvalue weighted by molar-refractivity contribution is 6.07. The summed E-state index contributed by atoms with van der Waals surface area (Å²) < 4.78 is 6.84. The van der Waals surface area contributed by atoms with Crippen LogP contribution in [0, 0.1) is 11.3 Å². The van der Waals surface area contributed by atoms with Gasteiger partial charge in [-0.25, -0.2) is 4.68 Å². The fourth-order valence-electron chi connectivity index (χ4n) is 5.69. The molecule has 2 aliphatic heterocycles. The molecule has 1 amide bonds. The Morgan fingerprint density at radius 2 is 1.68 bits per heavy atom. The lowest BCUT2D eigenvalue weighted by atomic mass is 9.97. The van der Waals surface area contributed by atoms with E-state index in [4.69, 9.17) is 4.74 Å². The number of nitriles is 1. The number of amides is 1. The van der Waals surface area contributed by atoms with E-state index in [0.29, 0.717) is 35.7 Å². The number of ether oxygens (including phenoxy) is 1. The maximum Gasteiger partial charge on any atom is 0.277 e. The highest BCUT2D eigenvalue weighted by atomic mass is 16.5. The van der Waals surface area contributed by atoms with Gasteiger partial charge in [-0.3, -0.25) is 9.69 Å². The minimum absolute atomic E-state index is 0.175. The lowest BCUT2D eigenvalue weighted by molar-refractivity contribution is 0.0793. The van der Waals surface area contributed by atoms with Crippen molar-refractivity contribution in [2.75, 3.05) is 31.6 Å². The van der Waals surface area contributed by atoms with Gasteiger partial charge in [-0.2, -0.15) is 10.4 Å². The fraction of sp³-hybridized carbons (Fsp3) is 0.281. The van der Waals surface area contributed by atoms with E-state index in [2.05, 4.69) is 52.5 Å². The maximum atomic E-state index is 13.8. The monoisotopic (exact) mass is 533 g/mol. The standard InChI is InChI=1S/C32H31N5O3/c1-40-27-12-10-25(11-13-27)37-31-29(30(20-33)34-37)16-19-36(32(31)39)24-8-6-22(7-9-24)28-5-3-2-4-23(28)21-35-17-14-26(38)15-18-35/h2-13,26,38H,14-19,21H2,1H3. The van der Waals surface area contributed by atoms with Crippen LogP contribution in [-0.4, -0.2) is 58.5 Å². The minimum Gasteiger partial charge on any atom is -0.497 e. The second kappa shape index (κ2) is 11.0. The summed E-state index contributed by atoms with van der Waals surface area (Å²) in [4.78, 5) is 18.0. The molecule has 0 saturated carbocycles. The summed E-state index contributed by atoms with van der Waals surface area (Å²) in [5.74, 6) is 0.529. The third-order valence-electron chi connectivity index (χ3n) is 7.90. The van der Waals surface area contributed by atoms with E-state index in [0.717, 1.165) is 43.7 Å². The molecule has 0 aliphatic carbocycles. The van der Waals surface area contributed by atoms with Gasteiger partial charge in [0.25, 0.3) is 5.91 Å². The molecule has 0 spiro atoms. The third-order valence-corrected chi connectivity index (χ3v) is 7.90. The van der Waals surface area contributed by atoms with E-state index in [-0.39, 0.29) is 17.7 Å². The molecule has 202 valence electrons. The number of carbonyl (C=O) groups is 1. The van der Waals surface area contributed by atoms with Crippen molar-refractivity contribution < 1.29 is 14.6 Å². The molecule has 1 N–H and O–H groups in total. The van der Waals surface area contributed by atoms with Gasteiger partial charge >= 0.3 is 0 Å². The Hall–Kier alpha value is -4.45. The zero-order chi connectivity index (χ0) is 27.6. The lowest BCUT2D eigenvalue weighted by Crippen LogP contribution is -2.38. The molecule has 0 radical (unpaired) electrons. The van der Waals surface area contributed by atoms with Crippen LogP contribution in [0.3, 0.4) is 0 Å². The maximum absolute atomic E-state index is 13.8. The first-order valence-corrected chi connectivity index (χ1v) is 13.6. The van der Waals surface area contributed by atoms with Gasteiger partial charge in [0.1, 0.15) is 17.5 Å². The zero-order valence-electron chi connectivity index (χ0n) is 22.5. The molecule has 8 nitrogen and oxygen atoms in total. The molecular formula is C32H31N5O3. The predicted molar refractivity (Wildman–Crippen MR) is 153 cm³/mol. The minimum atomic E-state index is -0.186. The van der Waals surface area contributed by atoms with E-state index in [1.54, 1.807) is 16.7 Å². The number of methoxy groups -OCH3 is 1. The molecule has 3 aromatic carbocycles. The number of hydrogen-bond donors (Lipinski definition) is 1. The van der Waals surface area contributed by atoms with E-state index in [1.165, 1.54) is 11.1 Å². The Morgan fingerprint density at radius 3 is 2.38 bits per heavy atom. The molecule has 4 aromatic rings. The van der Waals surface area contributed by atoms with Crippen LogP contribution >= 0.6 is 0 Å². The van der Waals surface area contributed by atoms with Crippen molar-refractivity contribution in [3.63, 3.8) is 0 Å². The highest BCUT2D eigenvalue weighted by Gasteiger charge is 2.33. The number of fused-ring (bicyclic) bond motifs is 1. The van der Waals surface area contributed by atoms with Crippen molar-refractivity contribution in [1.82, 2.24) is 14.7 Å². The Bertz CT molecular complexity index is 1560. The third kappa shape index (κ3) is 4.86. The van der Waals surface area contributed by atoms with Crippen LogP contribution in [0.5, 0.6) is 5.75 Å². The zero-order valence-corrected chi connectivity index (χ0v) is 22.5. The molecule has 8 heteroatoms. The van der Waals surface area contributed by atoms with Gasteiger partial charge in [-0.15, -0.1) is 0 Å². The normalized spacial score (nSPS) is 16.0. The van der Waals surface area contributed by atoms with E-state index in [9.17, 15) is 15.2 Å². The first-order valence-electron chi connectivity index (χ1n) is 13.6. The SMILES string of the molecule is COc1ccc(-n2nc(C#N)c3c2C(=O)N(c2ccc(-c4ccccc4CN4CCC(O)CC4)cc2)CC3)cc1. The second-order valence-corrected chi connectivity index (χ2v) is 10.3. The molecule has 1 fully saturated rings. The van der Waals surface area contributed by atoms with Gasteiger partial charge in [0.15, 0.2) is 5.69 Å². The number of carbonyl (C=O) groups excluding carboxylic acids is 1. The number of aromatic nitrogens is 2. The first kappa shape index (κ1) is 25.8. The van der Waals surface area contributed by atoms with Crippen LogP contribution < -0.4 is 9.64 Å². The summed E-state index contributed by atoms with van der Waals surface area (Å²) in [5.41, 5.74) is 6.42. The lowest BCUT2D eigenvalue weighted by Gasteiger charge is -2.30.